The first-order valence-corrected chi connectivity index (χ1v) is 4.68. The standard InChI is InChI=1S/C7H9IN4/c1-6(2)7-9-11-12(10-7)5-3-4-8/h6H,5H2,1-2H3. The van der Waals surface area contributed by atoms with E-state index in [9.17, 15) is 0 Å². The van der Waals surface area contributed by atoms with E-state index in [0.29, 0.717) is 12.5 Å². The number of halogens is 1. The second kappa shape index (κ2) is 4.40. The van der Waals surface area contributed by atoms with Crippen LogP contribution in [-0.4, -0.2) is 20.2 Å². The molecule has 0 spiro atoms. The van der Waals surface area contributed by atoms with E-state index in [0.717, 1.165) is 5.82 Å². The van der Waals surface area contributed by atoms with E-state index in [1.54, 1.807) is 0 Å². The van der Waals surface area contributed by atoms with Crippen molar-refractivity contribution in [2.75, 3.05) is 0 Å². The van der Waals surface area contributed by atoms with E-state index >= 15 is 0 Å². The zero-order valence-electron chi connectivity index (χ0n) is 6.95. The second-order valence-corrected chi connectivity index (χ2v) is 3.14. The van der Waals surface area contributed by atoms with E-state index < -0.39 is 0 Å². The first kappa shape index (κ1) is 9.45. The lowest BCUT2D eigenvalue weighted by atomic mass is 10.2. The van der Waals surface area contributed by atoms with Crippen molar-refractivity contribution in [3.8, 4) is 9.85 Å². The number of tetrazole rings is 1. The van der Waals surface area contributed by atoms with Gasteiger partial charge in [-0.2, -0.15) is 4.80 Å². The van der Waals surface area contributed by atoms with Gasteiger partial charge in [0, 0.05) is 28.5 Å². The molecule has 0 unspecified atom stereocenters. The molecular weight excluding hydrogens is 267 g/mol. The van der Waals surface area contributed by atoms with E-state index in [-0.39, 0.29) is 0 Å². The Morgan fingerprint density at radius 3 is 2.83 bits per heavy atom. The van der Waals surface area contributed by atoms with E-state index in [1.165, 1.54) is 4.80 Å². The Hall–Kier alpha value is -0.640. The predicted molar refractivity (Wildman–Crippen MR) is 53.7 cm³/mol. The van der Waals surface area contributed by atoms with Gasteiger partial charge in [-0.05, 0) is 9.14 Å². The summed E-state index contributed by atoms with van der Waals surface area (Å²) in [4.78, 5) is 1.50. The number of rotatable bonds is 2. The van der Waals surface area contributed by atoms with Crippen molar-refractivity contribution in [1.82, 2.24) is 20.2 Å². The third-order valence-corrected chi connectivity index (χ3v) is 1.65. The lowest BCUT2D eigenvalue weighted by Crippen LogP contribution is -2.00. The van der Waals surface area contributed by atoms with Crippen molar-refractivity contribution < 1.29 is 0 Å². The van der Waals surface area contributed by atoms with Crippen molar-refractivity contribution >= 4 is 22.6 Å². The maximum Gasteiger partial charge on any atom is 0.177 e. The summed E-state index contributed by atoms with van der Waals surface area (Å²) in [7, 11) is 0. The summed E-state index contributed by atoms with van der Waals surface area (Å²) in [5, 5.41) is 11.9. The van der Waals surface area contributed by atoms with Gasteiger partial charge >= 0.3 is 0 Å². The van der Waals surface area contributed by atoms with Gasteiger partial charge in [0.1, 0.15) is 6.54 Å². The second-order valence-electron chi connectivity index (χ2n) is 2.60. The highest BCUT2D eigenvalue weighted by atomic mass is 127. The van der Waals surface area contributed by atoms with Crippen LogP contribution in [0.3, 0.4) is 0 Å². The molecule has 5 heteroatoms. The van der Waals surface area contributed by atoms with Crippen LogP contribution in [0.4, 0.5) is 0 Å². The van der Waals surface area contributed by atoms with Crippen molar-refractivity contribution in [3.05, 3.63) is 5.82 Å². The zero-order chi connectivity index (χ0) is 8.97. The van der Waals surface area contributed by atoms with Crippen molar-refractivity contribution in [3.63, 3.8) is 0 Å². The summed E-state index contributed by atoms with van der Waals surface area (Å²) >= 11 is 1.98. The van der Waals surface area contributed by atoms with Crippen LogP contribution in [0, 0.1) is 9.85 Å². The molecule has 1 aromatic heterocycles. The van der Waals surface area contributed by atoms with Gasteiger partial charge in [-0.25, -0.2) is 0 Å². The van der Waals surface area contributed by atoms with Crippen molar-refractivity contribution in [2.45, 2.75) is 26.3 Å². The maximum absolute atomic E-state index is 4.14. The molecule has 1 rings (SSSR count). The Balaban J connectivity index is 2.68. The summed E-state index contributed by atoms with van der Waals surface area (Å²) in [6.45, 7) is 4.58. The van der Waals surface area contributed by atoms with Crippen LogP contribution in [0.5, 0.6) is 0 Å². The lowest BCUT2D eigenvalue weighted by molar-refractivity contribution is 0.587. The van der Waals surface area contributed by atoms with Crippen molar-refractivity contribution in [1.29, 1.82) is 0 Å². The molecule has 0 fully saturated rings. The third kappa shape index (κ3) is 2.44. The smallest absolute Gasteiger partial charge is 0.152 e. The first-order valence-electron chi connectivity index (χ1n) is 3.60. The number of aromatic nitrogens is 4. The Bertz CT molecular complexity index is 307. The Kier molecular flexibility index (Phi) is 3.47. The van der Waals surface area contributed by atoms with Gasteiger partial charge in [0.15, 0.2) is 5.82 Å². The van der Waals surface area contributed by atoms with E-state index in [4.69, 9.17) is 0 Å². The zero-order valence-corrected chi connectivity index (χ0v) is 9.11. The number of hydrogen-bond acceptors (Lipinski definition) is 3. The van der Waals surface area contributed by atoms with E-state index in [2.05, 4.69) is 25.3 Å². The normalized spacial score (nSPS) is 9.67. The molecule has 0 N–H and O–H groups in total. The summed E-state index contributed by atoms with van der Waals surface area (Å²) in [5.74, 6) is 3.95. The van der Waals surface area contributed by atoms with Gasteiger partial charge < -0.3 is 0 Å². The minimum Gasteiger partial charge on any atom is -0.152 e. The molecule has 0 aliphatic heterocycles. The van der Waals surface area contributed by atoms with Gasteiger partial charge in [0.05, 0.1) is 0 Å². The number of nitrogens with zero attached hydrogens (tertiary/aromatic N) is 4. The molecule has 0 amide bonds. The van der Waals surface area contributed by atoms with Gasteiger partial charge in [-0.15, -0.1) is 10.2 Å². The molecule has 0 aliphatic rings. The summed E-state index contributed by atoms with van der Waals surface area (Å²) in [6.07, 6.45) is 0. The minimum atomic E-state index is 0.325. The van der Waals surface area contributed by atoms with Crippen LogP contribution >= 0.6 is 22.6 Å². The quantitative estimate of drug-likeness (QED) is 0.602. The topological polar surface area (TPSA) is 43.6 Å². The maximum atomic E-state index is 4.14. The molecule has 0 aliphatic carbocycles. The molecule has 0 atom stereocenters. The van der Waals surface area contributed by atoms with E-state index in [1.807, 2.05) is 36.4 Å². The molecule has 4 nitrogen and oxygen atoms in total. The lowest BCUT2D eigenvalue weighted by Gasteiger charge is -1.92. The van der Waals surface area contributed by atoms with Crippen molar-refractivity contribution in [2.24, 2.45) is 0 Å². The third-order valence-electron chi connectivity index (χ3n) is 1.27. The Morgan fingerprint density at radius 1 is 1.58 bits per heavy atom. The Labute approximate surface area is 84.9 Å². The molecule has 12 heavy (non-hydrogen) atoms. The Morgan fingerprint density at radius 2 is 2.33 bits per heavy atom. The average molecular weight is 276 g/mol. The van der Waals surface area contributed by atoms with Gasteiger partial charge in [0.2, 0.25) is 0 Å². The highest BCUT2D eigenvalue weighted by Crippen LogP contribution is 2.04. The molecule has 0 saturated carbocycles. The fourth-order valence-corrected chi connectivity index (χ4v) is 0.825. The molecule has 1 aromatic rings. The van der Waals surface area contributed by atoms with Crippen LogP contribution in [0.15, 0.2) is 0 Å². The van der Waals surface area contributed by atoms with Gasteiger partial charge in [-0.3, -0.25) is 0 Å². The number of hydrogen-bond donors (Lipinski definition) is 0. The van der Waals surface area contributed by atoms with Crippen LogP contribution in [0.2, 0.25) is 0 Å². The van der Waals surface area contributed by atoms with Crippen LogP contribution in [-0.2, 0) is 6.54 Å². The largest absolute Gasteiger partial charge is 0.177 e. The summed E-state index contributed by atoms with van der Waals surface area (Å²) < 4.78 is 2.75. The minimum absolute atomic E-state index is 0.325. The fourth-order valence-electron chi connectivity index (χ4n) is 0.654. The SMILES string of the molecule is CC(C)c1nnn(CC#CI)n1. The highest BCUT2D eigenvalue weighted by molar-refractivity contribution is 14.1. The molecular formula is C7H9IN4. The monoisotopic (exact) mass is 276 g/mol. The average Bonchev–Trinajstić information content (AvgIpc) is 2.48. The van der Waals surface area contributed by atoms with Crippen LogP contribution in [0.25, 0.3) is 0 Å². The fraction of sp³-hybridized carbons (Fsp3) is 0.571. The molecule has 1 heterocycles. The molecule has 64 valence electrons. The van der Waals surface area contributed by atoms with Crippen LogP contribution in [0.1, 0.15) is 25.6 Å². The summed E-state index contributed by atoms with van der Waals surface area (Å²) in [6, 6.07) is 0. The summed E-state index contributed by atoms with van der Waals surface area (Å²) in [5.41, 5.74) is 0. The molecule has 0 radical (unpaired) electrons. The molecule has 0 bridgehead atoms. The molecule has 0 aromatic carbocycles. The van der Waals surface area contributed by atoms with Crippen LogP contribution < -0.4 is 0 Å². The molecule has 0 saturated heterocycles. The van der Waals surface area contributed by atoms with Gasteiger partial charge in [0.25, 0.3) is 0 Å². The first-order chi connectivity index (χ1) is 5.74. The van der Waals surface area contributed by atoms with Gasteiger partial charge in [-0.1, -0.05) is 19.8 Å². The highest BCUT2D eigenvalue weighted by Gasteiger charge is 2.05. The predicted octanol–water partition coefficient (Wildman–Crippen LogP) is 1.19.